The van der Waals surface area contributed by atoms with Gasteiger partial charge in [-0.3, -0.25) is 5.73 Å². The van der Waals surface area contributed by atoms with Gasteiger partial charge < -0.3 is 4.90 Å². The van der Waals surface area contributed by atoms with E-state index in [1.807, 2.05) is 18.2 Å². The van der Waals surface area contributed by atoms with Crippen LogP contribution in [0.3, 0.4) is 0 Å². The van der Waals surface area contributed by atoms with E-state index in [1.165, 1.54) is 5.56 Å². The van der Waals surface area contributed by atoms with Crippen molar-refractivity contribution >= 4 is 0 Å². The maximum Gasteiger partial charge on any atom is 0.0353 e. The molecule has 0 aliphatic carbocycles. The van der Waals surface area contributed by atoms with Gasteiger partial charge in [0, 0.05) is 13.1 Å². The van der Waals surface area contributed by atoms with Gasteiger partial charge in [-0.2, -0.15) is 0 Å². The molecule has 1 N–H and O–H groups in total. The average molecular weight is 177 g/mol. The Morgan fingerprint density at radius 1 is 1.15 bits per heavy atom. The monoisotopic (exact) mass is 177 g/mol. The van der Waals surface area contributed by atoms with Crippen LogP contribution in [0, 0.1) is 0 Å². The molecule has 1 aromatic carbocycles. The topological polar surface area (TPSA) is 27.0 Å². The van der Waals surface area contributed by atoms with E-state index in [-0.39, 0.29) is 0 Å². The molecule has 1 aromatic rings. The molecule has 0 aromatic heterocycles. The van der Waals surface area contributed by atoms with Crippen molar-refractivity contribution < 1.29 is 0 Å². The lowest BCUT2D eigenvalue weighted by molar-refractivity contribution is 0.413. The van der Waals surface area contributed by atoms with Crippen molar-refractivity contribution in [2.45, 2.75) is 13.0 Å². The molecule has 0 amide bonds. The van der Waals surface area contributed by atoms with E-state index >= 15 is 0 Å². The van der Waals surface area contributed by atoms with Crippen molar-refractivity contribution in [3.05, 3.63) is 35.4 Å². The summed E-state index contributed by atoms with van der Waals surface area (Å²) in [4.78, 5) is 2.17. The SMILES string of the molecule is CN(C)CCc1ccccc1C[NH]. The van der Waals surface area contributed by atoms with Gasteiger partial charge in [0.15, 0.2) is 0 Å². The average Bonchev–Trinajstić information content (AvgIpc) is 2.15. The molecule has 2 nitrogen and oxygen atoms in total. The Morgan fingerprint density at radius 3 is 2.31 bits per heavy atom. The molecule has 0 fully saturated rings. The first-order valence-corrected chi connectivity index (χ1v) is 4.60. The molecular weight excluding hydrogens is 160 g/mol. The Morgan fingerprint density at radius 2 is 1.77 bits per heavy atom. The van der Waals surface area contributed by atoms with Crippen LogP contribution in [0.5, 0.6) is 0 Å². The van der Waals surface area contributed by atoms with E-state index in [0.29, 0.717) is 6.54 Å². The van der Waals surface area contributed by atoms with Crippen molar-refractivity contribution in [2.75, 3.05) is 20.6 Å². The summed E-state index contributed by atoms with van der Waals surface area (Å²) in [6.07, 6.45) is 1.04. The second kappa shape index (κ2) is 5.00. The normalized spacial score (nSPS) is 10.8. The van der Waals surface area contributed by atoms with Crippen molar-refractivity contribution in [1.82, 2.24) is 10.6 Å². The van der Waals surface area contributed by atoms with Crippen LogP contribution < -0.4 is 5.73 Å². The molecule has 71 valence electrons. The van der Waals surface area contributed by atoms with Gasteiger partial charge in [0.25, 0.3) is 0 Å². The van der Waals surface area contributed by atoms with Crippen molar-refractivity contribution in [1.29, 1.82) is 0 Å². The van der Waals surface area contributed by atoms with Gasteiger partial charge in [0.1, 0.15) is 0 Å². The molecule has 1 radical (unpaired) electrons. The van der Waals surface area contributed by atoms with E-state index in [0.717, 1.165) is 18.5 Å². The number of benzene rings is 1. The van der Waals surface area contributed by atoms with Gasteiger partial charge in [-0.1, -0.05) is 24.3 Å². The highest BCUT2D eigenvalue weighted by Gasteiger charge is 1.99. The summed E-state index contributed by atoms with van der Waals surface area (Å²) in [6, 6.07) is 8.21. The van der Waals surface area contributed by atoms with E-state index in [9.17, 15) is 0 Å². The summed E-state index contributed by atoms with van der Waals surface area (Å²) in [5.41, 5.74) is 9.82. The molecule has 13 heavy (non-hydrogen) atoms. The third-order valence-corrected chi connectivity index (χ3v) is 2.14. The van der Waals surface area contributed by atoms with Crippen molar-refractivity contribution in [2.24, 2.45) is 0 Å². The third-order valence-electron chi connectivity index (χ3n) is 2.14. The number of rotatable bonds is 4. The molecule has 0 aliphatic rings. The first-order chi connectivity index (χ1) is 6.24. The highest BCUT2D eigenvalue weighted by atomic mass is 15.0. The maximum absolute atomic E-state index is 7.36. The van der Waals surface area contributed by atoms with Gasteiger partial charge in [-0.15, -0.1) is 0 Å². The predicted octanol–water partition coefficient (Wildman–Crippen LogP) is 1.57. The molecule has 0 atom stereocenters. The minimum atomic E-state index is 0.392. The van der Waals surface area contributed by atoms with Gasteiger partial charge >= 0.3 is 0 Å². The second-order valence-corrected chi connectivity index (χ2v) is 3.50. The smallest absolute Gasteiger partial charge is 0.0353 e. The largest absolute Gasteiger partial charge is 0.309 e. The lowest BCUT2D eigenvalue weighted by atomic mass is 10.0. The van der Waals surface area contributed by atoms with Gasteiger partial charge in [0.2, 0.25) is 0 Å². The Kier molecular flexibility index (Phi) is 3.93. The molecule has 0 unspecified atom stereocenters. The fourth-order valence-electron chi connectivity index (χ4n) is 1.32. The highest BCUT2D eigenvalue weighted by molar-refractivity contribution is 5.26. The predicted molar refractivity (Wildman–Crippen MR) is 55.5 cm³/mol. The summed E-state index contributed by atoms with van der Waals surface area (Å²) in [5, 5.41) is 0. The van der Waals surface area contributed by atoms with Crippen LogP contribution in [0.2, 0.25) is 0 Å². The maximum atomic E-state index is 7.36. The van der Waals surface area contributed by atoms with Gasteiger partial charge in [0.05, 0.1) is 0 Å². The van der Waals surface area contributed by atoms with E-state index in [4.69, 9.17) is 5.73 Å². The lowest BCUT2D eigenvalue weighted by Gasteiger charge is -2.11. The summed E-state index contributed by atoms with van der Waals surface area (Å²) in [5.74, 6) is 0. The quantitative estimate of drug-likeness (QED) is 0.686. The molecule has 0 saturated heterocycles. The zero-order chi connectivity index (χ0) is 9.68. The van der Waals surface area contributed by atoms with Crippen LogP contribution >= 0.6 is 0 Å². The number of hydrogen-bond acceptors (Lipinski definition) is 1. The molecule has 0 spiro atoms. The minimum absolute atomic E-state index is 0.392. The zero-order valence-electron chi connectivity index (χ0n) is 8.38. The Balaban J connectivity index is 2.64. The van der Waals surface area contributed by atoms with Crippen LogP contribution in [0.4, 0.5) is 0 Å². The Labute approximate surface area is 80.4 Å². The van der Waals surface area contributed by atoms with Crippen LogP contribution in [0.1, 0.15) is 11.1 Å². The highest BCUT2D eigenvalue weighted by Crippen LogP contribution is 2.08. The molecule has 0 aliphatic heterocycles. The van der Waals surface area contributed by atoms with Crippen LogP contribution in [-0.2, 0) is 13.0 Å². The summed E-state index contributed by atoms with van der Waals surface area (Å²) >= 11 is 0. The van der Waals surface area contributed by atoms with Crippen LogP contribution in [0.25, 0.3) is 0 Å². The number of likely N-dealkylation sites (N-methyl/N-ethyl adjacent to an activating group) is 1. The Hall–Kier alpha value is -0.860. The fraction of sp³-hybridized carbons (Fsp3) is 0.455. The van der Waals surface area contributed by atoms with Crippen molar-refractivity contribution in [3.8, 4) is 0 Å². The van der Waals surface area contributed by atoms with Crippen LogP contribution in [0.15, 0.2) is 24.3 Å². The zero-order valence-corrected chi connectivity index (χ0v) is 8.38. The third kappa shape index (κ3) is 3.17. The van der Waals surface area contributed by atoms with Gasteiger partial charge in [-0.25, -0.2) is 0 Å². The van der Waals surface area contributed by atoms with E-state index in [2.05, 4.69) is 25.1 Å². The number of nitrogens with one attached hydrogen (secondary N) is 1. The van der Waals surface area contributed by atoms with Gasteiger partial charge in [-0.05, 0) is 31.6 Å². The summed E-state index contributed by atoms with van der Waals surface area (Å²) in [6.45, 7) is 1.45. The van der Waals surface area contributed by atoms with Crippen LogP contribution in [-0.4, -0.2) is 25.5 Å². The number of nitrogens with zero attached hydrogens (tertiary/aromatic N) is 1. The summed E-state index contributed by atoms with van der Waals surface area (Å²) < 4.78 is 0. The Bertz CT molecular complexity index is 256. The van der Waals surface area contributed by atoms with Crippen molar-refractivity contribution in [3.63, 3.8) is 0 Å². The standard InChI is InChI=1S/C11H17N2/c1-13(2)8-7-10-5-3-4-6-11(10)9-12/h3-6,12H,7-9H2,1-2H3. The van der Waals surface area contributed by atoms with E-state index < -0.39 is 0 Å². The lowest BCUT2D eigenvalue weighted by Crippen LogP contribution is -2.15. The molecule has 2 heteroatoms. The molecule has 0 bridgehead atoms. The molecular formula is C11H17N2. The molecule has 0 saturated carbocycles. The first kappa shape index (κ1) is 10.2. The van der Waals surface area contributed by atoms with E-state index in [1.54, 1.807) is 0 Å². The molecule has 1 rings (SSSR count). The first-order valence-electron chi connectivity index (χ1n) is 4.60. The summed E-state index contributed by atoms with van der Waals surface area (Å²) in [7, 11) is 4.15. The fourth-order valence-corrected chi connectivity index (χ4v) is 1.32. The molecule has 0 heterocycles. The second-order valence-electron chi connectivity index (χ2n) is 3.50. The number of hydrogen-bond donors (Lipinski definition) is 0. The minimum Gasteiger partial charge on any atom is -0.309 e.